The molecule has 5 heteroatoms. The predicted molar refractivity (Wildman–Crippen MR) is 63.2 cm³/mol. The van der Waals surface area contributed by atoms with E-state index in [2.05, 4.69) is 29.2 Å². The number of carbonyl (C=O) groups is 1. The van der Waals surface area contributed by atoms with Gasteiger partial charge in [0.25, 0.3) is 0 Å². The van der Waals surface area contributed by atoms with Crippen molar-refractivity contribution in [2.24, 2.45) is 5.11 Å². The first-order valence-electron chi connectivity index (χ1n) is 5.04. The Kier molecular flexibility index (Phi) is 4.36. The van der Waals surface area contributed by atoms with E-state index in [1.807, 2.05) is 18.2 Å². The molecular formula is C11H14N4O. The molecule has 0 radical (unpaired) electrons. The second kappa shape index (κ2) is 5.78. The van der Waals surface area contributed by atoms with Gasteiger partial charge in [-0.25, -0.2) is 0 Å². The van der Waals surface area contributed by atoms with E-state index in [4.69, 9.17) is 5.53 Å². The van der Waals surface area contributed by atoms with Crippen molar-refractivity contribution in [3.8, 4) is 0 Å². The van der Waals surface area contributed by atoms with Crippen LogP contribution in [-0.4, -0.2) is 12.5 Å². The number of nitrogens with zero attached hydrogens (tertiary/aromatic N) is 3. The van der Waals surface area contributed by atoms with Crippen LogP contribution in [0, 0.1) is 0 Å². The minimum atomic E-state index is -0.307. The van der Waals surface area contributed by atoms with Crippen molar-refractivity contribution >= 4 is 11.6 Å². The zero-order valence-corrected chi connectivity index (χ0v) is 9.34. The number of azide groups is 1. The maximum atomic E-state index is 11.3. The molecule has 0 atom stereocenters. The van der Waals surface area contributed by atoms with Crippen LogP contribution in [0.4, 0.5) is 5.69 Å². The standard InChI is InChI=1S/C11H14N4O/c1-8(2)9-4-3-5-10(6-9)14-11(16)7-13-15-12/h3-6,8H,7H2,1-2H3,(H,14,16). The molecule has 16 heavy (non-hydrogen) atoms. The fraction of sp³-hybridized carbons (Fsp3) is 0.364. The van der Waals surface area contributed by atoms with Crippen LogP contribution in [-0.2, 0) is 4.79 Å². The van der Waals surface area contributed by atoms with Crippen molar-refractivity contribution in [3.63, 3.8) is 0 Å². The molecule has 1 rings (SSSR count). The molecule has 84 valence electrons. The molecule has 0 saturated carbocycles. The van der Waals surface area contributed by atoms with Gasteiger partial charge in [-0.2, -0.15) is 0 Å². The van der Waals surface area contributed by atoms with E-state index < -0.39 is 0 Å². The van der Waals surface area contributed by atoms with Crippen LogP contribution in [0.1, 0.15) is 25.3 Å². The molecule has 0 aliphatic heterocycles. The highest BCUT2D eigenvalue weighted by Gasteiger charge is 2.03. The summed E-state index contributed by atoms with van der Waals surface area (Å²) in [7, 11) is 0. The minimum Gasteiger partial charge on any atom is -0.326 e. The molecule has 0 unspecified atom stereocenters. The van der Waals surface area contributed by atoms with Gasteiger partial charge in [0.1, 0.15) is 6.54 Å². The van der Waals surface area contributed by atoms with Crippen LogP contribution in [0.2, 0.25) is 0 Å². The Bertz CT molecular complexity index is 422. The van der Waals surface area contributed by atoms with Gasteiger partial charge >= 0.3 is 0 Å². The van der Waals surface area contributed by atoms with E-state index >= 15 is 0 Å². The normalized spacial score (nSPS) is 9.69. The van der Waals surface area contributed by atoms with Gasteiger partial charge in [0, 0.05) is 10.6 Å². The Balaban J connectivity index is 2.70. The van der Waals surface area contributed by atoms with Crippen LogP contribution in [0.25, 0.3) is 10.4 Å². The largest absolute Gasteiger partial charge is 0.326 e. The molecule has 0 heterocycles. The number of amides is 1. The first kappa shape index (κ1) is 12.1. The summed E-state index contributed by atoms with van der Waals surface area (Å²) >= 11 is 0. The van der Waals surface area contributed by atoms with Gasteiger partial charge < -0.3 is 5.32 Å². The van der Waals surface area contributed by atoms with Crippen LogP contribution >= 0.6 is 0 Å². The van der Waals surface area contributed by atoms with Gasteiger partial charge in [-0.1, -0.05) is 31.1 Å². The van der Waals surface area contributed by atoms with Crippen molar-refractivity contribution in [3.05, 3.63) is 40.3 Å². The minimum absolute atomic E-state index is 0.178. The fourth-order valence-electron chi connectivity index (χ4n) is 1.27. The van der Waals surface area contributed by atoms with Crippen LogP contribution in [0.15, 0.2) is 29.4 Å². The monoisotopic (exact) mass is 218 g/mol. The molecule has 0 aliphatic rings. The van der Waals surface area contributed by atoms with E-state index in [0.717, 1.165) is 11.3 Å². The maximum Gasteiger partial charge on any atom is 0.230 e. The van der Waals surface area contributed by atoms with E-state index in [1.54, 1.807) is 6.07 Å². The summed E-state index contributed by atoms with van der Waals surface area (Å²) in [5, 5.41) is 5.86. The van der Waals surface area contributed by atoms with Gasteiger partial charge in [0.2, 0.25) is 5.91 Å². The predicted octanol–water partition coefficient (Wildman–Crippen LogP) is 3.06. The number of benzene rings is 1. The van der Waals surface area contributed by atoms with Crippen LogP contribution < -0.4 is 5.32 Å². The summed E-state index contributed by atoms with van der Waals surface area (Å²) in [5.41, 5.74) is 9.96. The Morgan fingerprint density at radius 1 is 1.56 bits per heavy atom. The summed E-state index contributed by atoms with van der Waals surface area (Å²) in [6, 6.07) is 7.62. The van der Waals surface area contributed by atoms with E-state index in [0.29, 0.717) is 5.92 Å². The second-order valence-corrected chi connectivity index (χ2v) is 3.72. The zero-order chi connectivity index (χ0) is 12.0. The lowest BCUT2D eigenvalue weighted by Gasteiger charge is -2.08. The lowest BCUT2D eigenvalue weighted by atomic mass is 10.0. The lowest BCUT2D eigenvalue weighted by Crippen LogP contribution is -2.14. The highest BCUT2D eigenvalue weighted by atomic mass is 16.1. The summed E-state index contributed by atoms with van der Waals surface area (Å²) in [5.74, 6) is 0.104. The molecule has 1 aromatic carbocycles. The number of hydrogen-bond acceptors (Lipinski definition) is 2. The highest BCUT2D eigenvalue weighted by molar-refractivity contribution is 5.92. The van der Waals surface area contributed by atoms with Gasteiger partial charge in [-0.3, -0.25) is 4.79 Å². The van der Waals surface area contributed by atoms with Crippen molar-refractivity contribution in [1.29, 1.82) is 0 Å². The average Bonchev–Trinajstić information content (AvgIpc) is 2.26. The lowest BCUT2D eigenvalue weighted by molar-refractivity contribution is -0.114. The molecule has 0 saturated heterocycles. The van der Waals surface area contributed by atoms with Crippen molar-refractivity contribution < 1.29 is 4.79 Å². The molecule has 1 aromatic rings. The molecule has 0 aromatic heterocycles. The van der Waals surface area contributed by atoms with Gasteiger partial charge in [0.05, 0.1) is 0 Å². The first-order chi connectivity index (χ1) is 7.63. The third kappa shape index (κ3) is 3.63. The topological polar surface area (TPSA) is 77.9 Å². The Morgan fingerprint density at radius 3 is 2.94 bits per heavy atom. The first-order valence-corrected chi connectivity index (χ1v) is 5.04. The number of hydrogen-bond donors (Lipinski definition) is 1. The van der Waals surface area contributed by atoms with E-state index in [1.165, 1.54) is 0 Å². The Labute approximate surface area is 94.1 Å². The maximum absolute atomic E-state index is 11.3. The van der Waals surface area contributed by atoms with Crippen molar-refractivity contribution in [2.45, 2.75) is 19.8 Å². The molecule has 0 fully saturated rings. The van der Waals surface area contributed by atoms with Gasteiger partial charge in [-0.15, -0.1) is 0 Å². The number of anilines is 1. The van der Waals surface area contributed by atoms with Crippen LogP contribution in [0.3, 0.4) is 0 Å². The van der Waals surface area contributed by atoms with Gasteiger partial charge in [0.15, 0.2) is 0 Å². The molecule has 0 aliphatic carbocycles. The van der Waals surface area contributed by atoms with E-state index in [-0.39, 0.29) is 12.5 Å². The van der Waals surface area contributed by atoms with Gasteiger partial charge in [-0.05, 0) is 29.1 Å². The Hall–Kier alpha value is -2.00. The SMILES string of the molecule is CC(C)c1cccc(NC(=O)CN=[N+]=[N-])c1. The molecular weight excluding hydrogens is 204 g/mol. The highest BCUT2D eigenvalue weighted by Crippen LogP contribution is 2.18. The fourth-order valence-corrected chi connectivity index (χ4v) is 1.27. The molecule has 0 spiro atoms. The van der Waals surface area contributed by atoms with E-state index in [9.17, 15) is 4.79 Å². The number of carbonyl (C=O) groups excluding carboxylic acids is 1. The third-order valence-corrected chi connectivity index (χ3v) is 2.11. The summed E-state index contributed by atoms with van der Waals surface area (Å²) < 4.78 is 0. The molecule has 5 nitrogen and oxygen atoms in total. The van der Waals surface area contributed by atoms with Crippen molar-refractivity contribution in [2.75, 3.05) is 11.9 Å². The quantitative estimate of drug-likeness (QED) is 0.470. The number of nitrogens with one attached hydrogen (secondary N) is 1. The zero-order valence-electron chi connectivity index (χ0n) is 9.34. The third-order valence-electron chi connectivity index (χ3n) is 2.11. The summed E-state index contributed by atoms with van der Waals surface area (Å²) in [6.45, 7) is 3.99. The van der Waals surface area contributed by atoms with Crippen LogP contribution in [0.5, 0.6) is 0 Å². The second-order valence-electron chi connectivity index (χ2n) is 3.72. The Morgan fingerprint density at radius 2 is 2.31 bits per heavy atom. The molecule has 0 bridgehead atoms. The molecule has 1 amide bonds. The smallest absolute Gasteiger partial charge is 0.230 e. The number of rotatable bonds is 4. The average molecular weight is 218 g/mol. The summed E-state index contributed by atoms with van der Waals surface area (Å²) in [6.07, 6.45) is 0. The van der Waals surface area contributed by atoms with Crippen molar-refractivity contribution in [1.82, 2.24) is 0 Å². The molecule has 1 N–H and O–H groups in total. The summed E-state index contributed by atoms with van der Waals surface area (Å²) in [4.78, 5) is 13.8.